The summed E-state index contributed by atoms with van der Waals surface area (Å²) in [5.41, 5.74) is 5.53. The summed E-state index contributed by atoms with van der Waals surface area (Å²) in [6.45, 7) is -5.06. The van der Waals surface area contributed by atoms with Crippen molar-refractivity contribution in [1.29, 1.82) is 0 Å². The lowest BCUT2D eigenvalue weighted by Gasteiger charge is -2.52. The van der Waals surface area contributed by atoms with E-state index in [1.807, 2.05) is 0 Å². The van der Waals surface area contributed by atoms with Crippen LogP contribution < -0.4 is 32.3 Å². The molecule has 0 aliphatic carbocycles. The Labute approximate surface area is 605 Å². The van der Waals surface area contributed by atoms with Gasteiger partial charge in [0.2, 0.25) is 29.5 Å². The van der Waals surface area contributed by atoms with Crippen LogP contribution in [0.4, 0.5) is 0 Å². The molecule has 48 heteroatoms. The molecule has 8 aliphatic heterocycles. The maximum absolute atomic E-state index is 13.2. The average molecular weight is 1560 g/mol. The minimum absolute atomic E-state index is 0.852. The first-order valence-electron chi connectivity index (χ1n) is 33.8. The third kappa shape index (κ3) is 20.2. The fourth-order valence-electron chi connectivity index (χ4n) is 13.4. The summed E-state index contributed by atoms with van der Waals surface area (Å²) in [4.78, 5) is 75.3. The Balaban J connectivity index is 1.22. The lowest BCUT2D eigenvalue weighted by atomic mass is 9.93. The van der Waals surface area contributed by atoms with Crippen LogP contribution in [0.5, 0.6) is 0 Å². The van der Waals surface area contributed by atoms with Crippen molar-refractivity contribution in [3.05, 3.63) is 0 Å². The van der Waals surface area contributed by atoms with E-state index in [1.54, 1.807) is 0 Å². The molecule has 0 radical (unpaired) electrons. The highest BCUT2D eigenvalue weighted by atomic mass is 16.8. The summed E-state index contributed by atoms with van der Waals surface area (Å²) >= 11 is 0. The van der Waals surface area contributed by atoms with Gasteiger partial charge in [0.25, 0.3) is 0 Å². The second kappa shape index (κ2) is 38.7. The molecule has 40 atom stereocenters. The fourth-order valence-corrected chi connectivity index (χ4v) is 13.4. The summed E-state index contributed by atoms with van der Waals surface area (Å²) in [7, 11) is 0. The van der Waals surface area contributed by atoms with E-state index in [9.17, 15) is 136 Å². The summed E-state index contributed by atoms with van der Waals surface area (Å²) in [5.74, 6) is -6.27. The molecular weight excluding hydrogens is 1460 g/mol. The van der Waals surface area contributed by atoms with Crippen LogP contribution in [0, 0.1) is 0 Å². The minimum Gasteiger partial charge on any atom is -0.480 e. The molecule has 8 saturated heterocycles. The van der Waals surface area contributed by atoms with Crippen molar-refractivity contribution in [3.8, 4) is 0 Å². The zero-order chi connectivity index (χ0) is 79.1. The number of nitrogens with two attached hydrogens (primary N) is 1. The van der Waals surface area contributed by atoms with E-state index in [-0.39, 0.29) is 0 Å². The Bertz CT molecular complexity index is 2890. The van der Waals surface area contributed by atoms with Gasteiger partial charge >= 0.3 is 5.97 Å². The summed E-state index contributed by atoms with van der Waals surface area (Å²) < 4.78 is 91.0. The normalized spacial score (nSPS) is 45.7. The number of amides is 5. The maximum atomic E-state index is 13.2. The van der Waals surface area contributed by atoms with Gasteiger partial charge in [0.05, 0.1) is 59.3 Å². The SMILES string of the molecule is CC(=O)N[C@@H]1[C@@H](O)[C@H](O[C@@H]2O[C@H](CO)[C@@H](O[C@@H]3O[C@H](CO[C@H]4O[C@H](CO)[C@@H](O)[C@H](O)[C@@H]4O[C@@H]4O[C@H](CO)[C@@H](O)[C@H](O)[C@H]4NC(C)=O)[C@@H](O)[C@H](O[C@H]4O[C@H](CO)[C@@H](O)[C@H](O)[C@@H]4O[C@@H]4O[C@H](CO)[C@@H](O)[C@H](O)[C@H]4NC(C)=O)[C@@H]3O[C@@H]3O[C@H](CO)[C@H](O)[C@H]3O)[C@H](O)[C@H]2NC(C)=O)[C@@H](CO)O[C@H]1NC(=O)C[C@H](N)C(=O)O. The van der Waals surface area contributed by atoms with Gasteiger partial charge in [-0.25, -0.2) is 0 Å². The summed E-state index contributed by atoms with van der Waals surface area (Å²) in [6, 6.07) is -9.08. The third-order valence-corrected chi connectivity index (χ3v) is 19.0. The van der Waals surface area contributed by atoms with E-state index in [1.165, 1.54) is 0 Å². The molecule has 0 unspecified atom stereocenters. The lowest BCUT2D eigenvalue weighted by Crippen LogP contribution is -2.72. The van der Waals surface area contributed by atoms with Crippen LogP contribution in [0.3, 0.4) is 0 Å². The molecule has 8 aliphatic rings. The minimum atomic E-state index is -2.51. The molecule has 8 heterocycles. The number of aliphatic hydroxyl groups is 20. The Kier molecular flexibility index (Phi) is 31.8. The zero-order valence-electron chi connectivity index (χ0n) is 57.5. The first kappa shape index (κ1) is 88.0. The molecule has 8 fully saturated rings. The van der Waals surface area contributed by atoms with Crippen molar-refractivity contribution < 1.29 is 207 Å². The Morgan fingerprint density at radius 3 is 1.07 bits per heavy atom. The predicted octanol–water partition coefficient (Wildman–Crippen LogP) is -18.3. The number of ether oxygens (including phenoxy) is 15. The van der Waals surface area contributed by atoms with E-state index in [0.29, 0.717) is 0 Å². The second-order valence-corrected chi connectivity index (χ2v) is 26.6. The highest BCUT2D eigenvalue weighted by Crippen LogP contribution is 2.40. The van der Waals surface area contributed by atoms with Gasteiger partial charge in [-0.15, -0.1) is 0 Å². The number of rotatable bonds is 30. The first-order chi connectivity index (χ1) is 50.6. The Morgan fingerprint density at radius 1 is 0.318 bits per heavy atom. The van der Waals surface area contributed by atoms with Gasteiger partial charge in [0.1, 0.15) is 195 Å². The van der Waals surface area contributed by atoms with Crippen LogP contribution in [-0.2, 0) is 99.8 Å². The van der Waals surface area contributed by atoms with Crippen LogP contribution in [0.1, 0.15) is 34.1 Å². The molecule has 0 aromatic rings. The molecule has 0 aromatic heterocycles. The average Bonchev–Trinajstić information content (AvgIpc) is 1.44. The van der Waals surface area contributed by atoms with Crippen molar-refractivity contribution in [2.45, 2.75) is 279 Å². The molecule has 107 heavy (non-hydrogen) atoms. The van der Waals surface area contributed by atoms with Crippen molar-refractivity contribution in [1.82, 2.24) is 26.6 Å². The highest BCUT2D eigenvalue weighted by molar-refractivity contribution is 5.84. The number of aliphatic carboxylic acids is 1. The Hall–Kier alpha value is -4.62. The molecule has 48 nitrogen and oxygen atoms in total. The van der Waals surface area contributed by atoms with Gasteiger partial charge in [-0.1, -0.05) is 0 Å². The molecule has 0 spiro atoms. The van der Waals surface area contributed by atoms with Crippen molar-refractivity contribution in [2.75, 3.05) is 52.9 Å². The van der Waals surface area contributed by atoms with E-state index in [0.717, 1.165) is 27.7 Å². The molecular formula is C59H98N6O42. The zero-order valence-corrected chi connectivity index (χ0v) is 57.5. The van der Waals surface area contributed by atoms with Crippen LogP contribution in [-0.4, -0.2) is 441 Å². The number of carbonyl (C=O) groups is 6. The quantitative estimate of drug-likeness (QED) is 0.0318. The molecule has 8 rings (SSSR count). The van der Waals surface area contributed by atoms with Crippen LogP contribution >= 0.6 is 0 Å². The first-order valence-corrected chi connectivity index (χ1v) is 33.8. The number of aliphatic hydroxyl groups excluding tert-OH is 20. The molecule has 616 valence electrons. The smallest absolute Gasteiger partial charge is 0.321 e. The molecule has 0 bridgehead atoms. The van der Waals surface area contributed by atoms with Crippen LogP contribution in [0.15, 0.2) is 0 Å². The maximum Gasteiger partial charge on any atom is 0.321 e. The van der Waals surface area contributed by atoms with Crippen molar-refractivity contribution in [2.24, 2.45) is 5.73 Å². The van der Waals surface area contributed by atoms with Gasteiger partial charge in [0, 0.05) is 27.7 Å². The van der Waals surface area contributed by atoms with Gasteiger partial charge in [-0.3, -0.25) is 28.8 Å². The van der Waals surface area contributed by atoms with Crippen molar-refractivity contribution >= 4 is 35.5 Å². The van der Waals surface area contributed by atoms with E-state index in [2.05, 4.69) is 26.6 Å². The molecule has 0 saturated carbocycles. The molecule has 0 aromatic carbocycles. The van der Waals surface area contributed by atoms with Gasteiger partial charge in [0.15, 0.2) is 50.3 Å². The number of nitrogens with one attached hydrogen (secondary N) is 5. The van der Waals surface area contributed by atoms with Crippen LogP contribution in [0.25, 0.3) is 0 Å². The lowest BCUT2D eigenvalue weighted by molar-refractivity contribution is -0.406. The molecule has 28 N–H and O–H groups in total. The largest absolute Gasteiger partial charge is 0.480 e. The third-order valence-electron chi connectivity index (χ3n) is 19.0. The second-order valence-electron chi connectivity index (χ2n) is 26.6. The summed E-state index contributed by atoms with van der Waals surface area (Å²) in [5, 5.41) is 245. The Morgan fingerprint density at radius 2 is 0.626 bits per heavy atom. The number of carboxylic acids is 1. The van der Waals surface area contributed by atoms with Crippen LogP contribution in [0.2, 0.25) is 0 Å². The highest BCUT2D eigenvalue weighted by Gasteiger charge is 2.61. The van der Waals surface area contributed by atoms with Gasteiger partial charge in [-0.2, -0.15) is 0 Å². The number of hydrogen-bond acceptors (Lipinski definition) is 42. The fraction of sp³-hybridized carbons (Fsp3) is 0.898. The number of carbonyl (C=O) groups excluding carboxylic acids is 5. The van der Waals surface area contributed by atoms with Gasteiger partial charge in [-0.05, 0) is 0 Å². The van der Waals surface area contributed by atoms with E-state index < -0.39 is 340 Å². The topological polar surface area (TPSA) is 752 Å². The van der Waals surface area contributed by atoms with Gasteiger partial charge < -0.3 is 211 Å². The monoisotopic (exact) mass is 1560 g/mol. The van der Waals surface area contributed by atoms with E-state index in [4.69, 9.17) is 76.8 Å². The summed E-state index contributed by atoms with van der Waals surface area (Å²) in [6.07, 6.45) is -74.4. The van der Waals surface area contributed by atoms with Crippen molar-refractivity contribution in [3.63, 3.8) is 0 Å². The molecule has 5 amide bonds. The standard InChI is InChI=1S/C59H98N6O42/c1-14(73)61-28-40(86)45(24(11-71)94-51(28)65-27(77)5-18(60)52(91)92)102-55-31(64-17(4)76)41(87)46(25(12-72)100-55)103-59-50(107-56-44(90)36(82)23(10-70)97-56)47(104-58-49(43(89)35(81)22(9-69)99-58)106-54-30(63-16(3)75)39(85)33(79)20(7-67)96-54)37(83)26(101-59)13-93-57-48(42(88)34(80)21(8-68)98-57)105-53-29(62-15(2)74)38(84)32(78)19(6-66)95-53/h18-26,28-51,53-59,66-72,78-90H,5-13,60H2,1-4H3,(H,61,73)(H,62,74)(H,63,75)(H,64,76)(H,65,77)(H,91,92)/t18-,19+,20+,21+,22+,23+,24+,25+,26+,28+,29+,30+,31+,32+,33+,34+,35+,36-,37+,38+,39+,40+,41+,42-,43-,44+,45+,46+,47-,48-,49-,50-,51+,53-,54-,55-,56-,57-,58+,59-/m0/s1. The number of hydrogen-bond donors (Lipinski definition) is 27. The predicted molar refractivity (Wildman–Crippen MR) is 331 cm³/mol. The number of carboxylic acid groups (broad SMARTS) is 1. The van der Waals surface area contributed by atoms with E-state index >= 15 is 0 Å².